The number of nitrogens with one attached hydrogen (secondary N) is 2. The molecule has 0 spiro atoms. The van der Waals surface area contributed by atoms with Gasteiger partial charge in [-0.05, 0) is 50.5 Å². The van der Waals surface area contributed by atoms with Crippen LogP contribution in [0, 0.1) is 12.7 Å². The molecule has 1 saturated heterocycles. The van der Waals surface area contributed by atoms with Gasteiger partial charge in [-0.1, -0.05) is 12.1 Å². The van der Waals surface area contributed by atoms with Crippen LogP contribution in [0.1, 0.15) is 47.5 Å². The van der Waals surface area contributed by atoms with Crippen molar-refractivity contribution in [2.24, 2.45) is 0 Å². The third-order valence-corrected chi connectivity index (χ3v) is 4.87. The van der Waals surface area contributed by atoms with E-state index < -0.39 is 0 Å². The summed E-state index contributed by atoms with van der Waals surface area (Å²) >= 11 is 0. The number of hydrogen-bond acceptors (Lipinski definition) is 3. The van der Waals surface area contributed by atoms with Gasteiger partial charge in [0.05, 0.1) is 12.3 Å². The maximum Gasteiger partial charge on any atom is 0.317 e. The summed E-state index contributed by atoms with van der Waals surface area (Å²) in [6, 6.07) is 7.50. The van der Waals surface area contributed by atoms with Crippen molar-refractivity contribution < 1.29 is 18.4 Å². The molecule has 1 aliphatic rings. The van der Waals surface area contributed by atoms with Crippen LogP contribution in [0.15, 0.2) is 41.0 Å². The summed E-state index contributed by atoms with van der Waals surface area (Å²) in [6.07, 6.45) is 2.84. The molecule has 2 N–H and O–H groups in total. The summed E-state index contributed by atoms with van der Waals surface area (Å²) in [6.45, 7) is 4.74. The number of amides is 3. The number of hydrogen-bond donors (Lipinski definition) is 2. The van der Waals surface area contributed by atoms with Crippen LogP contribution >= 0.6 is 0 Å². The molecule has 27 heavy (non-hydrogen) atoms. The Morgan fingerprint density at radius 3 is 2.63 bits per heavy atom. The van der Waals surface area contributed by atoms with Crippen molar-refractivity contribution >= 4 is 11.9 Å². The van der Waals surface area contributed by atoms with Gasteiger partial charge in [0, 0.05) is 24.7 Å². The predicted molar refractivity (Wildman–Crippen MR) is 98.9 cm³/mol. The summed E-state index contributed by atoms with van der Waals surface area (Å²) in [5.41, 5.74) is 1.52. The van der Waals surface area contributed by atoms with E-state index >= 15 is 0 Å². The van der Waals surface area contributed by atoms with Gasteiger partial charge in [0.25, 0.3) is 5.91 Å². The molecule has 144 valence electrons. The largest absolute Gasteiger partial charge is 0.459 e. The molecule has 7 heteroatoms. The first-order chi connectivity index (χ1) is 12.9. The summed E-state index contributed by atoms with van der Waals surface area (Å²) in [7, 11) is 0. The fraction of sp³-hybridized carbons (Fsp3) is 0.400. The van der Waals surface area contributed by atoms with Crippen LogP contribution in [0.25, 0.3) is 0 Å². The van der Waals surface area contributed by atoms with Crippen molar-refractivity contribution in [3.8, 4) is 0 Å². The summed E-state index contributed by atoms with van der Waals surface area (Å²) in [5, 5.41) is 5.86. The number of likely N-dealkylation sites (tertiary alicyclic amines) is 1. The van der Waals surface area contributed by atoms with Crippen molar-refractivity contribution in [1.82, 2.24) is 15.5 Å². The lowest BCUT2D eigenvalue weighted by Crippen LogP contribution is -2.49. The Balaban J connectivity index is 1.48. The van der Waals surface area contributed by atoms with Gasteiger partial charge in [0.15, 0.2) is 5.76 Å². The van der Waals surface area contributed by atoms with Crippen LogP contribution in [0.2, 0.25) is 0 Å². The van der Waals surface area contributed by atoms with Crippen molar-refractivity contribution in [2.45, 2.75) is 38.8 Å². The third kappa shape index (κ3) is 4.67. The number of aryl methyl sites for hydroxylation is 1. The van der Waals surface area contributed by atoms with E-state index in [0.29, 0.717) is 31.7 Å². The van der Waals surface area contributed by atoms with Crippen LogP contribution in [-0.2, 0) is 0 Å². The van der Waals surface area contributed by atoms with E-state index in [4.69, 9.17) is 4.42 Å². The van der Waals surface area contributed by atoms with Gasteiger partial charge in [-0.2, -0.15) is 0 Å². The lowest BCUT2D eigenvalue weighted by molar-refractivity contribution is 0.0888. The Morgan fingerprint density at radius 1 is 1.26 bits per heavy atom. The zero-order valence-electron chi connectivity index (χ0n) is 15.5. The molecular weight excluding hydrogens is 349 g/mol. The number of benzene rings is 1. The Bertz CT molecular complexity index is 812. The molecule has 6 nitrogen and oxygen atoms in total. The SMILES string of the molecule is Cc1ccoc1C(=O)NC1CCN(C(=O)NC(C)c2cccc(F)c2)CC1. The fourth-order valence-corrected chi connectivity index (χ4v) is 3.22. The van der Waals surface area contributed by atoms with E-state index in [-0.39, 0.29) is 29.8 Å². The third-order valence-electron chi connectivity index (χ3n) is 4.87. The van der Waals surface area contributed by atoms with Gasteiger partial charge in [-0.25, -0.2) is 9.18 Å². The first kappa shape index (κ1) is 18.9. The lowest BCUT2D eigenvalue weighted by atomic mass is 10.0. The normalized spacial score (nSPS) is 16.0. The van der Waals surface area contributed by atoms with E-state index in [0.717, 1.165) is 11.1 Å². The zero-order valence-corrected chi connectivity index (χ0v) is 15.5. The van der Waals surface area contributed by atoms with Crippen molar-refractivity contribution in [1.29, 1.82) is 0 Å². The highest BCUT2D eigenvalue weighted by atomic mass is 19.1. The highest BCUT2D eigenvalue weighted by Gasteiger charge is 2.26. The summed E-state index contributed by atoms with van der Waals surface area (Å²) in [5.74, 6) is -0.212. The number of furan rings is 1. The predicted octanol–water partition coefficient (Wildman–Crippen LogP) is 3.39. The second-order valence-corrected chi connectivity index (χ2v) is 6.89. The van der Waals surface area contributed by atoms with Gasteiger partial charge in [0.2, 0.25) is 0 Å². The molecule has 0 radical (unpaired) electrons. The highest BCUT2D eigenvalue weighted by molar-refractivity contribution is 5.93. The van der Waals surface area contributed by atoms with Crippen molar-refractivity contribution in [3.05, 3.63) is 59.3 Å². The maximum atomic E-state index is 13.3. The van der Waals surface area contributed by atoms with Crippen LogP contribution in [-0.4, -0.2) is 36.0 Å². The Hall–Kier alpha value is -2.83. The quantitative estimate of drug-likeness (QED) is 0.863. The molecule has 1 aromatic heterocycles. The van der Waals surface area contributed by atoms with Crippen LogP contribution in [0.5, 0.6) is 0 Å². The molecule has 1 fully saturated rings. The summed E-state index contributed by atoms with van der Waals surface area (Å²) in [4.78, 5) is 26.4. The minimum Gasteiger partial charge on any atom is -0.459 e. The molecule has 0 bridgehead atoms. The second kappa shape index (κ2) is 8.24. The van der Waals surface area contributed by atoms with E-state index in [9.17, 15) is 14.0 Å². The molecule has 1 atom stereocenters. The van der Waals surface area contributed by atoms with Gasteiger partial charge < -0.3 is 20.0 Å². The molecule has 0 aliphatic carbocycles. The van der Waals surface area contributed by atoms with Gasteiger partial charge >= 0.3 is 6.03 Å². The number of carbonyl (C=O) groups excluding carboxylic acids is 2. The number of piperidine rings is 1. The molecular formula is C20H24FN3O3. The summed E-state index contributed by atoms with van der Waals surface area (Å²) < 4.78 is 18.5. The van der Waals surface area contributed by atoms with Crippen LogP contribution in [0.4, 0.5) is 9.18 Å². The van der Waals surface area contributed by atoms with Crippen LogP contribution < -0.4 is 10.6 Å². The van der Waals surface area contributed by atoms with Gasteiger partial charge in [-0.3, -0.25) is 4.79 Å². The highest BCUT2D eigenvalue weighted by Crippen LogP contribution is 2.16. The Kier molecular flexibility index (Phi) is 5.78. The number of halogens is 1. The van der Waals surface area contributed by atoms with Crippen molar-refractivity contribution in [3.63, 3.8) is 0 Å². The molecule has 3 amide bonds. The molecule has 1 aliphatic heterocycles. The van der Waals surface area contributed by atoms with Gasteiger partial charge in [0.1, 0.15) is 5.82 Å². The number of urea groups is 1. The first-order valence-corrected chi connectivity index (χ1v) is 9.10. The topological polar surface area (TPSA) is 74.6 Å². The van der Waals surface area contributed by atoms with Crippen molar-refractivity contribution in [2.75, 3.05) is 13.1 Å². The maximum absolute atomic E-state index is 13.3. The molecule has 2 aromatic rings. The first-order valence-electron chi connectivity index (χ1n) is 9.10. The minimum absolute atomic E-state index is 0.00620. The standard InChI is InChI=1S/C20H24FN3O3/c1-13-8-11-27-18(13)19(25)23-17-6-9-24(10-7-17)20(26)22-14(2)15-4-3-5-16(21)12-15/h3-5,8,11-12,14,17H,6-7,9-10H2,1-2H3,(H,22,26)(H,23,25). The molecule has 0 saturated carbocycles. The van der Waals surface area contributed by atoms with Crippen LogP contribution in [0.3, 0.4) is 0 Å². The zero-order chi connectivity index (χ0) is 19.4. The smallest absolute Gasteiger partial charge is 0.317 e. The van der Waals surface area contributed by atoms with E-state index in [1.165, 1.54) is 18.4 Å². The van der Waals surface area contributed by atoms with Gasteiger partial charge in [-0.15, -0.1) is 0 Å². The fourth-order valence-electron chi connectivity index (χ4n) is 3.22. The van der Waals surface area contributed by atoms with E-state index in [1.54, 1.807) is 23.1 Å². The monoisotopic (exact) mass is 373 g/mol. The van der Waals surface area contributed by atoms with E-state index in [1.807, 2.05) is 13.8 Å². The average molecular weight is 373 g/mol. The average Bonchev–Trinajstić information content (AvgIpc) is 3.08. The number of nitrogens with zero attached hydrogens (tertiary/aromatic N) is 1. The molecule has 1 aromatic carbocycles. The number of rotatable bonds is 4. The molecule has 3 rings (SSSR count). The Morgan fingerprint density at radius 2 is 2.00 bits per heavy atom. The lowest BCUT2D eigenvalue weighted by Gasteiger charge is -2.33. The minimum atomic E-state index is -0.322. The Labute approximate surface area is 157 Å². The second-order valence-electron chi connectivity index (χ2n) is 6.89. The van der Waals surface area contributed by atoms with E-state index in [2.05, 4.69) is 10.6 Å². The molecule has 2 heterocycles. The molecule has 1 unspecified atom stereocenters. The number of carbonyl (C=O) groups is 2.